The Balaban J connectivity index is 4.41. The van der Waals surface area contributed by atoms with E-state index in [-0.39, 0.29) is 31.1 Å². The highest BCUT2D eigenvalue weighted by Gasteiger charge is 2.19. The number of allylic oxidation sites excluding steroid dienone is 12. The van der Waals surface area contributed by atoms with Crippen LogP contribution in [0.4, 0.5) is 0 Å². The second-order valence-electron chi connectivity index (χ2n) is 15.4. The summed E-state index contributed by atoms with van der Waals surface area (Å²) < 4.78 is 16.7. The molecule has 0 radical (unpaired) electrons. The van der Waals surface area contributed by atoms with Crippen LogP contribution < -0.4 is 0 Å². The Morgan fingerprint density at radius 2 is 0.684 bits per heavy atom. The van der Waals surface area contributed by atoms with Gasteiger partial charge in [-0.05, 0) is 64.2 Å². The van der Waals surface area contributed by atoms with Crippen molar-refractivity contribution >= 4 is 17.9 Å². The van der Waals surface area contributed by atoms with Crippen LogP contribution in [0.2, 0.25) is 0 Å². The van der Waals surface area contributed by atoms with Crippen molar-refractivity contribution < 1.29 is 28.6 Å². The molecule has 0 amide bonds. The maximum absolute atomic E-state index is 12.7. The molecule has 0 aromatic heterocycles. The van der Waals surface area contributed by atoms with E-state index in [0.717, 1.165) is 96.3 Å². The summed E-state index contributed by atoms with van der Waals surface area (Å²) in [5.41, 5.74) is 0. The van der Waals surface area contributed by atoms with Gasteiger partial charge in [-0.2, -0.15) is 0 Å². The second kappa shape index (κ2) is 45.6. The molecule has 0 aliphatic heterocycles. The normalized spacial score (nSPS) is 12.7. The SMILES string of the molecule is CCC\C=C/C=C\C=C/C=C\C=C/CCCCCCCC(=O)OCC(COC(=O)CCCCCCCCCCC)OC(=O)CCCCCCC/C=C\CCCCC. The third-order valence-electron chi connectivity index (χ3n) is 9.79. The molecule has 0 fully saturated rings. The van der Waals surface area contributed by atoms with Crippen molar-refractivity contribution in [2.75, 3.05) is 13.2 Å². The molecule has 0 heterocycles. The molecule has 1 unspecified atom stereocenters. The quantitative estimate of drug-likeness (QED) is 0.0202. The zero-order valence-electron chi connectivity index (χ0n) is 37.1. The minimum absolute atomic E-state index is 0.0868. The maximum atomic E-state index is 12.7. The van der Waals surface area contributed by atoms with Gasteiger partial charge < -0.3 is 14.2 Å². The van der Waals surface area contributed by atoms with Gasteiger partial charge in [-0.1, -0.05) is 203 Å². The Labute approximate surface area is 351 Å². The van der Waals surface area contributed by atoms with Crippen LogP contribution in [0.5, 0.6) is 0 Å². The maximum Gasteiger partial charge on any atom is 0.306 e. The molecule has 0 bridgehead atoms. The van der Waals surface area contributed by atoms with E-state index in [1.807, 2.05) is 24.3 Å². The van der Waals surface area contributed by atoms with E-state index in [0.29, 0.717) is 19.3 Å². The summed E-state index contributed by atoms with van der Waals surface area (Å²) in [6.45, 7) is 6.46. The molecule has 0 N–H and O–H groups in total. The van der Waals surface area contributed by atoms with Crippen LogP contribution in [0.1, 0.15) is 213 Å². The number of ether oxygens (including phenoxy) is 3. The molecule has 0 saturated heterocycles. The standard InChI is InChI=1S/C51H86O6/c1-4-7-10-13-16-19-21-23-24-25-26-27-28-30-32-35-38-41-44-50(53)56-47-48(46-55-49(52)43-40-37-34-31-18-15-12-9-6-3)57-51(54)45-42-39-36-33-29-22-20-17-14-11-8-5-2/h10,13,16-17,19-21,23-27,48H,4-9,11-12,14-15,18,22,28-47H2,1-3H3/b13-10-,19-16-,20-17-,23-21-,25-24-,27-26-. The highest BCUT2D eigenvalue weighted by atomic mass is 16.6. The van der Waals surface area contributed by atoms with Gasteiger partial charge in [0.1, 0.15) is 13.2 Å². The number of carbonyl (C=O) groups is 3. The van der Waals surface area contributed by atoms with E-state index >= 15 is 0 Å². The van der Waals surface area contributed by atoms with Crippen molar-refractivity contribution in [1.29, 1.82) is 0 Å². The van der Waals surface area contributed by atoms with Crippen molar-refractivity contribution in [2.24, 2.45) is 0 Å². The first-order valence-electron chi connectivity index (χ1n) is 23.5. The molecular formula is C51H86O6. The molecule has 57 heavy (non-hydrogen) atoms. The van der Waals surface area contributed by atoms with Gasteiger partial charge in [-0.3, -0.25) is 14.4 Å². The van der Waals surface area contributed by atoms with Crippen molar-refractivity contribution in [1.82, 2.24) is 0 Å². The van der Waals surface area contributed by atoms with Gasteiger partial charge in [-0.25, -0.2) is 0 Å². The van der Waals surface area contributed by atoms with E-state index in [2.05, 4.69) is 69.4 Å². The largest absolute Gasteiger partial charge is 0.462 e. The van der Waals surface area contributed by atoms with Crippen molar-refractivity contribution in [3.63, 3.8) is 0 Å². The first-order chi connectivity index (χ1) is 28.0. The molecule has 0 saturated carbocycles. The number of esters is 3. The first kappa shape index (κ1) is 53.9. The van der Waals surface area contributed by atoms with Crippen molar-refractivity contribution in [3.8, 4) is 0 Å². The van der Waals surface area contributed by atoms with E-state index in [4.69, 9.17) is 14.2 Å². The van der Waals surface area contributed by atoms with Crippen LogP contribution in [0.3, 0.4) is 0 Å². The average Bonchev–Trinajstić information content (AvgIpc) is 3.21. The number of hydrogen-bond donors (Lipinski definition) is 0. The highest BCUT2D eigenvalue weighted by Crippen LogP contribution is 2.13. The molecular weight excluding hydrogens is 709 g/mol. The van der Waals surface area contributed by atoms with Gasteiger partial charge in [0.15, 0.2) is 6.10 Å². The van der Waals surface area contributed by atoms with Crippen LogP contribution >= 0.6 is 0 Å². The first-order valence-corrected chi connectivity index (χ1v) is 23.5. The summed E-state index contributed by atoms with van der Waals surface area (Å²) in [5.74, 6) is -0.928. The third-order valence-corrected chi connectivity index (χ3v) is 9.79. The predicted octanol–water partition coefficient (Wildman–Crippen LogP) is 15.1. The third kappa shape index (κ3) is 43.8. The van der Waals surface area contributed by atoms with Crippen LogP contribution in [0.25, 0.3) is 0 Å². The number of rotatable bonds is 41. The van der Waals surface area contributed by atoms with Gasteiger partial charge in [0.2, 0.25) is 0 Å². The molecule has 0 aromatic carbocycles. The molecule has 6 heteroatoms. The summed E-state index contributed by atoms with van der Waals surface area (Å²) >= 11 is 0. The van der Waals surface area contributed by atoms with Gasteiger partial charge in [0.25, 0.3) is 0 Å². The van der Waals surface area contributed by atoms with E-state index < -0.39 is 6.10 Å². The molecule has 326 valence electrons. The Kier molecular flexibility index (Phi) is 43.0. The lowest BCUT2D eigenvalue weighted by atomic mass is 10.1. The summed E-state index contributed by atoms with van der Waals surface area (Å²) in [5, 5.41) is 0. The molecule has 0 aliphatic carbocycles. The number of hydrogen-bond acceptors (Lipinski definition) is 6. The van der Waals surface area contributed by atoms with E-state index in [1.165, 1.54) is 77.0 Å². The molecule has 1 atom stereocenters. The minimum atomic E-state index is -0.786. The zero-order valence-corrected chi connectivity index (χ0v) is 37.1. The predicted molar refractivity (Wildman–Crippen MR) is 242 cm³/mol. The Hall–Kier alpha value is -3.15. The summed E-state index contributed by atoms with van der Waals surface area (Å²) in [6.07, 6.45) is 55.9. The molecule has 0 rings (SSSR count). The van der Waals surface area contributed by atoms with Crippen LogP contribution in [0, 0.1) is 0 Å². The Bertz CT molecular complexity index is 1100. The van der Waals surface area contributed by atoms with Gasteiger partial charge in [-0.15, -0.1) is 0 Å². The van der Waals surface area contributed by atoms with E-state index in [9.17, 15) is 14.4 Å². The fourth-order valence-corrected chi connectivity index (χ4v) is 6.23. The van der Waals surface area contributed by atoms with Crippen LogP contribution in [-0.2, 0) is 28.6 Å². The van der Waals surface area contributed by atoms with E-state index in [1.54, 1.807) is 0 Å². The Morgan fingerprint density at radius 3 is 1.14 bits per heavy atom. The summed E-state index contributed by atoms with van der Waals surface area (Å²) in [7, 11) is 0. The fourth-order valence-electron chi connectivity index (χ4n) is 6.23. The molecule has 0 aliphatic rings. The van der Waals surface area contributed by atoms with Gasteiger partial charge in [0.05, 0.1) is 0 Å². The number of carbonyl (C=O) groups excluding carboxylic acids is 3. The minimum Gasteiger partial charge on any atom is -0.462 e. The highest BCUT2D eigenvalue weighted by molar-refractivity contribution is 5.71. The number of unbranched alkanes of at least 4 members (excludes halogenated alkanes) is 22. The van der Waals surface area contributed by atoms with Crippen LogP contribution in [0.15, 0.2) is 72.9 Å². The van der Waals surface area contributed by atoms with Crippen LogP contribution in [-0.4, -0.2) is 37.2 Å². The molecule has 0 aromatic rings. The topological polar surface area (TPSA) is 78.9 Å². The monoisotopic (exact) mass is 795 g/mol. The Morgan fingerprint density at radius 1 is 0.351 bits per heavy atom. The lowest BCUT2D eigenvalue weighted by Gasteiger charge is -2.18. The second-order valence-corrected chi connectivity index (χ2v) is 15.4. The zero-order chi connectivity index (χ0) is 41.5. The molecule has 6 nitrogen and oxygen atoms in total. The fraction of sp³-hybridized carbons (Fsp3) is 0.706. The van der Waals surface area contributed by atoms with Gasteiger partial charge in [0, 0.05) is 19.3 Å². The summed E-state index contributed by atoms with van der Waals surface area (Å²) in [4.78, 5) is 37.7. The lowest BCUT2D eigenvalue weighted by molar-refractivity contribution is -0.167. The average molecular weight is 795 g/mol. The van der Waals surface area contributed by atoms with Gasteiger partial charge >= 0.3 is 17.9 Å². The van der Waals surface area contributed by atoms with Crippen molar-refractivity contribution in [3.05, 3.63) is 72.9 Å². The van der Waals surface area contributed by atoms with Crippen molar-refractivity contribution in [2.45, 2.75) is 219 Å². The smallest absolute Gasteiger partial charge is 0.306 e. The lowest BCUT2D eigenvalue weighted by Crippen LogP contribution is -2.30. The molecule has 0 spiro atoms. The summed E-state index contributed by atoms with van der Waals surface area (Å²) in [6, 6.07) is 0.